The van der Waals surface area contributed by atoms with Crippen molar-refractivity contribution in [2.75, 3.05) is 93.0 Å². The molecule has 0 aromatic rings. The first kappa shape index (κ1) is 31.0. The Balaban J connectivity index is 3.48. The van der Waals surface area contributed by atoms with Gasteiger partial charge in [0.05, 0.1) is 85.9 Å². The summed E-state index contributed by atoms with van der Waals surface area (Å²) in [5, 5.41) is 6.00. The third kappa shape index (κ3) is 14.7. The predicted molar refractivity (Wildman–Crippen MR) is 106 cm³/mol. The Morgan fingerprint density at radius 1 is 0.548 bits per heavy atom. The van der Waals surface area contributed by atoms with Crippen molar-refractivity contribution in [1.82, 2.24) is 0 Å². The molecule has 0 saturated carbocycles. The van der Waals surface area contributed by atoms with Gasteiger partial charge in [0.25, 0.3) is 5.08 Å². The van der Waals surface area contributed by atoms with Crippen LogP contribution >= 0.6 is 15.2 Å². The van der Waals surface area contributed by atoms with E-state index >= 15 is 0 Å². The average Bonchev–Trinajstić information content (AvgIpc) is 2.67. The zero-order chi connectivity index (χ0) is 23.6. The lowest BCUT2D eigenvalue weighted by Gasteiger charge is -2.28. The van der Waals surface area contributed by atoms with E-state index in [0.29, 0.717) is 52.9 Å². The maximum Gasteiger partial charge on any atom is 0.371 e. The van der Waals surface area contributed by atoms with Crippen LogP contribution in [0.15, 0.2) is 0 Å². The highest BCUT2D eigenvalue weighted by Gasteiger charge is 2.59. The molecule has 0 radical (unpaired) electrons. The molecule has 0 aromatic carbocycles. The number of hydrogen-bond donors (Lipinski definition) is 5. The fourth-order valence-electron chi connectivity index (χ4n) is 1.79. The number of methoxy groups -OCH3 is 1. The fourth-order valence-corrected chi connectivity index (χ4v) is 3.67. The summed E-state index contributed by atoms with van der Waals surface area (Å²) in [6, 6.07) is 0. The molecule has 14 nitrogen and oxygen atoms in total. The summed E-state index contributed by atoms with van der Waals surface area (Å²) in [7, 11) is -9.45. The lowest BCUT2D eigenvalue weighted by molar-refractivity contribution is -0.0262. The van der Waals surface area contributed by atoms with Gasteiger partial charge in [0, 0.05) is 7.11 Å². The highest BCUT2D eigenvalue weighted by molar-refractivity contribution is 7.72. The minimum Gasteiger partial charge on any atom is -0.382 e. The molecule has 0 aromatic heterocycles. The predicted octanol–water partition coefficient (Wildman–Crippen LogP) is -1.27. The molecule has 0 unspecified atom stereocenters. The summed E-state index contributed by atoms with van der Waals surface area (Å²) in [5.41, 5.74) is 0. The van der Waals surface area contributed by atoms with Crippen molar-refractivity contribution in [2.45, 2.75) is 5.08 Å². The van der Waals surface area contributed by atoms with Crippen LogP contribution in [0.1, 0.15) is 0 Å². The fraction of sp³-hybridized carbons (Fsp3) is 1.00. The van der Waals surface area contributed by atoms with Gasteiger partial charge in [0.2, 0.25) is 0 Å². The zero-order valence-corrected chi connectivity index (χ0v) is 19.3. The van der Waals surface area contributed by atoms with Gasteiger partial charge in [-0.3, -0.25) is 9.13 Å². The zero-order valence-electron chi connectivity index (χ0n) is 17.5. The summed E-state index contributed by atoms with van der Waals surface area (Å²) >= 11 is 0. The van der Waals surface area contributed by atoms with Crippen molar-refractivity contribution < 1.29 is 67.0 Å². The highest BCUT2D eigenvalue weighted by Crippen LogP contribution is 2.67. The van der Waals surface area contributed by atoms with Crippen molar-refractivity contribution in [3.05, 3.63) is 0 Å². The number of aliphatic hydroxyl groups is 1. The standard InChI is InChI=1S/C15H34O14P2/c1-23-2-3-24-4-5-25-6-7-26-8-9-27-10-11-28-12-13-29-14-15(16,30(17,18)19)31(20,21)22/h16H,2-14H2,1H3,(H2,17,18,19)(H2,20,21,22). The van der Waals surface area contributed by atoms with E-state index in [9.17, 15) is 14.2 Å². The second-order valence-electron chi connectivity index (χ2n) is 5.97. The molecule has 0 aliphatic rings. The van der Waals surface area contributed by atoms with E-state index in [-0.39, 0.29) is 26.4 Å². The van der Waals surface area contributed by atoms with E-state index in [2.05, 4.69) is 0 Å². The molecule has 16 heteroatoms. The monoisotopic (exact) mass is 500 g/mol. The normalized spacial score (nSPS) is 13.1. The Morgan fingerprint density at radius 3 is 1.06 bits per heavy atom. The number of hydrogen-bond acceptors (Lipinski definition) is 10. The average molecular weight is 500 g/mol. The second kappa shape index (κ2) is 17.5. The molecule has 5 N–H and O–H groups in total. The molecular weight excluding hydrogens is 466 g/mol. The molecule has 188 valence electrons. The van der Waals surface area contributed by atoms with Crippen LogP contribution in [0.2, 0.25) is 0 Å². The van der Waals surface area contributed by atoms with Crippen molar-refractivity contribution in [3.63, 3.8) is 0 Å². The minimum absolute atomic E-state index is 0.0369. The van der Waals surface area contributed by atoms with E-state index in [1.165, 1.54) is 0 Å². The molecule has 31 heavy (non-hydrogen) atoms. The Hall–Kier alpha value is -0.0200. The van der Waals surface area contributed by atoms with Crippen molar-refractivity contribution in [1.29, 1.82) is 0 Å². The van der Waals surface area contributed by atoms with Crippen LogP contribution in [-0.4, -0.2) is 123 Å². The second-order valence-corrected chi connectivity index (χ2v) is 9.98. The first-order valence-electron chi connectivity index (χ1n) is 9.35. The summed E-state index contributed by atoms with van der Waals surface area (Å²) in [6.07, 6.45) is 0. The summed E-state index contributed by atoms with van der Waals surface area (Å²) in [5.74, 6) is 0. The minimum atomic E-state index is -5.53. The van der Waals surface area contributed by atoms with Gasteiger partial charge in [-0.15, -0.1) is 0 Å². The Bertz CT molecular complexity index is 500. The smallest absolute Gasteiger partial charge is 0.371 e. The Kier molecular flexibility index (Phi) is 17.4. The van der Waals surface area contributed by atoms with Gasteiger partial charge in [0.15, 0.2) is 0 Å². The van der Waals surface area contributed by atoms with Gasteiger partial charge in [0.1, 0.15) is 0 Å². The summed E-state index contributed by atoms with van der Waals surface area (Å²) in [4.78, 5) is 35.8. The number of ether oxygens (including phenoxy) is 7. The van der Waals surface area contributed by atoms with Gasteiger partial charge in [-0.05, 0) is 0 Å². The van der Waals surface area contributed by atoms with Crippen molar-refractivity contribution in [3.8, 4) is 0 Å². The van der Waals surface area contributed by atoms with Crippen LogP contribution in [-0.2, 0) is 42.3 Å². The first-order chi connectivity index (χ1) is 14.6. The van der Waals surface area contributed by atoms with Gasteiger partial charge in [-0.1, -0.05) is 0 Å². The van der Waals surface area contributed by atoms with Crippen LogP contribution in [0.5, 0.6) is 0 Å². The van der Waals surface area contributed by atoms with Gasteiger partial charge >= 0.3 is 15.2 Å². The third-order valence-electron chi connectivity index (χ3n) is 3.52. The summed E-state index contributed by atoms with van der Waals surface area (Å²) < 4.78 is 58.0. The quantitative estimate of drug-likeness (QED) is 0.0870. The molecule has 0 aliphatic heterocycles. The van der Waals surface area contributed by atoms with E-state index in [4.69, 9.17) is 52.7 Å². The molecule has 0 bridgehead atoms. The lowest BCUT2D eigenvalue weighted by Crippen LogP contribution is -2.34. The van der Waals surface area contributed by atoms with Crippen LogP contribution in [0.3, 0.4) is 0 Å². The van der Waals surface area contributed by atoms with E-state index in [0.717, 1.165) is 0 Å². The van der Waals surface area contributed by atoms with Gasteiger partial charge in [-0.2, -0.15) is 0 Å². The van der Waals surface area contributed by atoms with Crippen molar-refractivity contribution >= 4 is 15.2 Å². The van der Waals surface area contributed by atoms with Crippen LogP contribution < -0.4 is 0 Å². The largest absolute Gasteiger partial charge is 0.382 e. The summed E-state index contributed by atoms with van der Waals surface area (Å²) in [6.45, 7) is 2.54. The molecule has 0 saturated heterocycles. The maximum absolute atomic E-state index is 11.1. The van der Waals surface area contributed by atoms with Crippen LogP contribution in [0, 0.1) is 0 Å². The maximum atomic E-state index is 11.1. The molecule has 0 amide bonds. The van der Waals surface area contributed by atoms with Crippen LogP contribution in [0.25, 0.3) is 0 Å². The van der Waals surface area contributed by atoms with Gasteiger partial charge < -0.3 is 57.8 Å². The van der Waals surface area contributed by atoms with E-state index < -0.39 is 26.9 Å². The van der Waals surface area contributed by atoms with E-state index in [1.54, 1.807) is 7.11 Å². The molecule has 0 fully saturated rings. The highest BCUT2D eigenvalue weighted by atomic mass is 31.2. The first-order valence-corrected chi connectivity index (χ1v) is 12.6. The molecule has 0 rings (SSSR count). The van der Waals surface area contributed by atoms with Crippen molar-refractivity contribution in [2.24, 2.45) is 0 Å². The lowest BCUT2D eigenvalue weighted by atomic mass is 10.6. The van der Waals surface area contributed by atoms with Gasteiger partial charge in [-0.25, -0.2) is 0 Å². The Labute approximate surface area is 181 Å². The molecule has 0 aliphatic carbocycles. The number of rotatable bonds is 22. The van der Waals surface area contributed by atoms with Crippen LogP contribution in [0.4, 0.5) is 0 Å². The van der Waals surface area contributed by atoms with E-state index in [1.807, 2.05) is 0 Å². The topological polar surface area (TPSA) is 200 Å². The molecule has 0 spiro atoms. The molecular formula is C15H34O14P2. The third-order valence-corrected chi connectivity index (χ3v) is 7.21. The molecule has 0 atom stereocenters. The molecule has 0 heterocycles. The SMILES string of the molecule is COCCOCCOCCOCCOCCOCCOCC(O)(P(=O)(O)O)P(=O)(O)O. The Morgan fingerprint density at radius 2 is 0.806 bits per heavy atom.